The number of nitrogens with one attached hydrogen (secondary N) is 1. The highest BCUT2D eigenvalue weighted by Gasteiger charge is 2.15. The summed E-state index contributed by atoms with van der Waals surface area (Å²) in [5.74, 6) is 0. The summed E-state index contributed by atoms with van der Waals surface area (Å²) in [4.78, 5) is 2.32. The van der Waals surface area contributed by atoms with Gasteiger partial charge in [0.25, 0.3) is 0 Å². The van der Waals surface area contributed by atoms with Crippen LogP contribution in [0.3, 0.4) is 0 Å². The van der Waals surface area contributed by atoms with Crippen LogP contribution in [0.1, 0.15) is 22.8 Å². The number of aliphatic hydroxyl groups is 1. The normalized spacial score (nSPS) is 19.6. The summed E-state index contributed by atoms with van der Waals surface area (Å²) in [6.45, 7) is 8.92. The van der Waals surface area contributed by atoms with Gasteiger partial charge in [-0.25, -0.2) is 5.01 Å². The van der Waals surface area contributed by atoms with E-state index in [9.17, 15) is 5.11 Å². The Morgan fingerprint density at radius 2 is 1.84 bits per heavy atom. The Morgan fingerprint density at radius 1 is 1.16 bits per heavy atom. The molecule has 4 heteroatoms. The highest BCUT2D eigenvalue weighted by Crippen LogP contribution is 2.16. The zero-order chi connectivity index (χ0) is 13.8. The zero-order valence-electron chi connectivity index (χ0n) is 12.2. The van der Waals surface area contributed by atoms with E-state index >= 15 is 0 Å². The van der Waals surface area contributed by atoms with Crippen LogP contribution in [0, 0.1) is 13.8 Å². The minimum atomic E-state index is -0.445. The van der Waals surface area contributed by atoms with Crippen LogP contribution in [-0.2, 0) is 0 Å². The van der Waals surface area contributed by atoms with Crippen LogP contribution >= 0.6 is 0 Å². The molecule has 1 atom stereocenters. The Morgan fingerprint density at radius 3 is 2.47 bits per heavy atom. The predicted octanol–water partition coefficient (Wildman–Crippen LogP) is 1.09. The van der Waals surface area contributed by atoms with Crippen molar-refractivity contribution in [2.75, 3.05) is 39.8 Å². The van der Waals surface area contributed by atoms with Crippen LogP contribution < -0.4 is 5.43 Å². The number of rotatable bonds is 4. The van der Waals surface area contributed by atoms with Crippen molar-refractivity contribution in [3.63, 3.8) is 0 Å². The molecule has 1 aromatic carbocycles. The van der Waals surface area contributed by atoms with E-state index in [4.69, 9.17) is 0 Å². The van der Waals surface area contributed by atoms with Crippen LogP contribution in [-0.4, -0.2) is 54.8 Å². The monoisotopic (exact) mass is 263 g/mol. The molecule has 1 aliphatic rings. The summed E-state index contributed by atoms with van der Waals surface area (Å²) in [6.07, 6.45) is -0.445. The van der Waals surface area contributed by atoms with Crippen molar-refractivity contribution in [2.45, 2.75) is 20.0 Å². The fourth-order valence-corrected chi connectivity index (χ4v) is 2.27. The van der Waals surface area contributed by atoms with Crippen LogP contribution in [0.4, 0.5) is 0 Å². The lowest BCUT2D eigenvalue weighted by molar-refractivity contribution is 0.0743. The third-order valence-electron chi connectivity index (χ3n) is 3.93. The SMILES string of the molecule is Cc1ccc(C(O)CNN2CCN(C)CC2)cc1C. The van der Waals surface area contributed by atoms with Gasteiger partial charge in [0.2, 0.25) is 0 Å². The van der Waals surface area contributed by atoms with E-state index in [0.29, 0.717) is 6.54 Å². The van der Waals surface area contributed by atoms with E-state index in [1.165, 1.54) is 11.1 Å². The smallest absolute Gasteiger partial charge is 0.0928 e. The second-order valence-corrected chi connectivity index (χ2v) is 5.51. The van der Waals surface area contributed by atoms with Gasteiger partial charge < -0.3 is 10.0 Å². The van der Waals surface area contributed by atoms with Crippen molar-refractivity contribution in [3.05, 3.63) is 34.9 Å². The molecule has 1 unspecified atom stereocenters. The summed E-state index contributed by atoms with van der Waals surface area (Å²) in [5.41, 5.74) is 6.82. The van der Waals surface area contributed by atoms with E-state index in [2.05, 4.69) is 48.4 Å². The molecule has 0 aliphatic carbocycles. The second-order valence-electron chi connectivity index (χ2n) is 5.51. The number of piperazine rings is 1. The molecule has 2 rings (SSSR count). The van der Waals surface area contributed by atoms with E-state index in [1.807, 2.05) is 6.07 Å². The topological polar surface area (TPSA) is 38.7 Å². The predicted molar refractivity (Wildman–Crippen MR) is 77.9 cm³/mol. The maximum Gasteiger partial charge on any atom is 0.0928 e. The van der Waals surface area contributed by atoms with Gasteiger partial charge in [0.15, 0.2) is 0 Å². The van der Waals surface area contributed by atoms with Gasteiger partial charge in [-0.3, -0.25) is 5.43 Å². The lowest BCUT2D eigenvalue weighted by atomic mass is 10.0. The molecule has 0 amide bonds. The molecule has 1 aromatic rings. The van der Waals surface area contributed by atoms with Gasteiger partial charge in [-0.05, 0) is 37.6 Å². The van der Waals surface area contributed by atoms with Gasteiger partial charge in [-0.1, -0.05) is 18.2 Å². The molecule has 106 valence electrons. The Kier molecular flexibility index (Phi) is 4.93. The number of hydrogen-bond acceptors (Lipinski definition) is 4. The maximum atomic E-state index is 10.2. The van der Waals surface area contributed by atoms with Gasteiger partial charge >= 0.3 is 0 Å². The first-order valence-corrected chi connectivity index (χ1v) is 6.98. The molecule has 1 fully saturated rings. The summed E-state index contributed by atoms with van der Waals surface area (Å²) >= 11 is 0. The maximum absolute atomic E-state index is 10.2. The van der Waals surface area contributed by atoms with Crippen molar-refractivity contribution in [1.29, 1.82) is 0 Å². The Bertz CT molecular complexity index is 414. The van der Waals surface area contributed by atoms with Crippen molar-refractivity contribution in [2.24, 2.45) is 0 Å². The highest BCUT2D eigenvalue weighted by atomic mass is 16.3. The van der Waals surface area contributed by atoms with Crippen LogP contribution in [0.15, 0.2) is 18.2 Å². The van der Waals surface area contributed by atoms with Gasteiger partial charge in [0.1, 0.15) is 0 Å². The number of hydrazine groups is 1. The molecule has 0 radical (unpaired) electrons. The first-order valence-electron chi connectivity index (χ1n) is 6.98. The molecular formula is C15H25N3O. The Labute approximate surface area is 116 Å². The summed E-state index contributed by atoms with van der Waals surface area (Å²) in [5, 5.41) is 12.4. The first-order chi connectivity index (χ1) is 9.06. The fourth-order valence-electron chi connectivity index (χ4n) is 2.27. The highest BCUT2D eigenvalue weighted by molar-refractivity contribution is 5.31. The summed E-state index contributed by atoms with van der Waals surface area (Å²) < 4.78 is 0. The van der Waals surface area contributed by atoms with Crippen molar-refractivity contribution >= 4 is 0 Å². The number of benzene rings is 1. The van der Waals surface area contributed by atoms with Crippen molar-refractivity contribution < 1.29 is 5.11 Å². The second kappa shape index (κ2) is 6.48. The van der Waals surface area contributed by atoms with Crippen LogP contribution in [0.25, 0.3) is 0 Å². The summed E-state index contributed by atoms with van der Waals surface area (Å²) in [7, 11) is 2.14. The fraction of sp³-hybridized carbons (Fsp3) is 0.600. The van der Waals surface area contributed by atoms with Gasteiger partial charge in [0.05, 0.1) is 6.10 Å². The quantitative estimate of drug-likeness (QED) is 0.853. The lowest BCUT2D eigenvalue weighted by Gasteiger charge is -2.33. The lowest BCUT2D eigenvalue weighted by Crippen LogP contribution is -2.51. The molecule has 19 heavy (non-hydrogen) atoms. The first kappa shape index (κ1) is 14.5. The zero-order valence-corrected chi connectivity index (χ0v) is 12.2. The number of aliphatic hydroxyl groups excluding tert-OH is 1. The van der Waals surface area contributed by atoms with Crippen molar-refractivity contribution in [1.82, 2.24) is 15.3 Å². The van der Waals surface area contributed by atoms with Gasteiger partial charge in [-0.2, -0.15) is 0 Å². The molecule has 1 aliphatic heterocycles. The molecule has 0 spiro atoms. The molecule has 1 heterocycles. The third-order valence-corrected chi connectivity index (χ3v) is 3.93. The van der Waals surface area contributed by atoms with E-state index < -0.39 is 6.10 Å². The standard InChI is InChI=1S/C15H25N3O/c1-12-4-5-14(10-13(12)2)15(19)11-16-18-8-6-17(3)7-9-18/h4-5,10,15-16,19H,6-9,11H2,1-3H3. The Balaban J connectivity index is 1.83. The average molecular weight is 263 g/mol. The minimum Gasteiger partial charge on any atom is -0.387 e. The average Bonchev–Trinajstić information content (AvgIpc) is 2.41. The van der Waals surface area contributed by atoms with Gasteiger partial charge in [0, 0.05) is 32.7 Å². The van der Waals surface area contributed by atoms with Crippen LogP contribution in [0.5, 0.6) is 0 Å². The van der Waals surface area contributed by atoms with E-state index in [1.54, 1.807) is 0 Å². The molecule has 1 saturated heterocycles. The molecule has 2 N–H and O–H groups in total. The molecule has 4 nitrogen and oxygen atoms in total. The summed E-state index contributed by atoms with van der Waals surface area (Å²) in [6, 6.07) is 6.16. The number of likely N-dealkylation sites (N-methyl/N-ethyl adjacent to an activating group) is 1. The Hall–Kier alpha value is -0.940. The molecular weight excluding hydrogens is 238 g/mol. The molecule has 0 saturated carbocycles. The van der Waals surface area contributed by atoms with E-state index in [0.717, 1.165) is 31.7 Å². The minimum absolute atomic E-state index is 0.445. The number of aryl methyl sites for hydroxylation is 2. The van der Waals surface area contributed by atoms with Crippen LogP contribution in [0.2, 0.25) is 0 Å². The largest absolute Gasteiger partial charge is 0.387 e. The molecule has 0 bridgehead atoms. The third kappa shape index (κ3) is 4.01. The van der Waals surface area contributed by atoms with Crippen molar-refractivity contribution in [3.8, 4) is 0 Å². The number of nitrogens with zero attached hydrogens (tertiary/aromatic N) is 2. The number of hydrogen-bond donors (Lipinski definition) is 2. The van der Waals surface area contributed by atoms with E-state index in [-0.39, 0.29) is 0 Å². The van der Waals surface area contributed by atoms with Gasteiger partial charge in [-0.15, -0.1) is 0 Å². The molecule has 0 aromatic heterocycles.